The topological polar surface area (TPSA) is 104 Å². The second kappa shape index (κ2) is 11.4. The van der Waals surface area contributed by atoms with Gasteiger partial charge in [0.25, 0.3) is 0 Å². The van der Waals surface area contributed by atoms with Crippen LogP contribution in [0.1, 0.15) is 39.5 Å². The molecule has 6 heteroatoms. The lowest BCUT2D eigenvalue weighted by atomic mass is 10.1. The predicted octanol–water partition coefficient (Wildman–Crippen LogP) is 1.28. The molecule has 0 saturated carbocycles. The van der Waals surface area contributed by atoms with Gasteiger partial charge in [-0.2, -0.15) is 0 Å². The van der Waals surface area contributed by atoms with Crippen molar-refractivity contribution in [1.29, 1.82) is 0 Å². The van der Waals surface area contributed by atoms with E-state index in [1.807, 2.05) is 35.4 Å². The first-order valence-corrected chi connectivity index (χ1v) is 9.17. The van der Waals surface area contributed by atoms with Crippen molar-refractivity contribution >= 4 is 21.6 Å². The van der Waals surface area contributed by atoms with E-state index in [0.29, 0.717) is 0 Å². The molecule has 8 N–H and O–H groups in total. The van der Waals surface area contributed by atoms with Crippen LogP contribution in [0.4, 0.5) is 0 Å². The summed E-state index contributed by atoms with van der Waals surface area (Å²) in [5.41, 5.74) is 23.4. The van der Waals surface area contributed by atoms with Crippen LogP contribution in [0.5, 0.6) is 0 Å². The Hall–Kier alpha value is 0.540. The van der Waals surface area contributed by atoms with Crippen LogP contribution in [-0.2, 0) is 0 Å². The fraction of sp³-hybridized carbons (Fsp3) is 1.00. The van der Waals surface area contributed by atoms with E-state index < -0.39 is 0 Å². The van der Waals surface area contributed by atoms with Gasteiger partial charge in [0, 0.05) is 35.7 Å². The molecule has 4 nitrogen and oxygen atoms in total. The highest BCUT2D eigenvalue weighted by atomic mass is 33.1. The van der Waals surface area contributed by atoms with Crippen molar-refractivity contribution in [2.75, 3.05) is 11.5 Å². The van der Waals surface area contributed by atoms with Crippen molar-refractivity contribution in [2.45, 2.75) is 63.7 Å². The molecule has 0 radical (unpaired) electrons. The molecule has 0 saturated heterocycles. The SMILES string of the molecule is CC(N)CCC(N)CSSCC(N)CCC(C)N. The van der Waals surface area contributed by atoms with E-state index in [0.717, 1.165) is 37.2 Å². The lowest BCUT2D eigenvalue weighted by Gasteiger charge is -2.14. The van der Waals surface area contributed by atoms with E-state index in [2.05, 4.69) is 0 Å². The van der Waals surface area contributed by atoms with E-state index >= 15 is 0 Å². The zero-order chi connectivity index (χ0) is 14.0. The highest BCUT2D eigenvalue weighted by Gasteiger charge is 2.07. The molecule has 4 unspecified atom stereocenters. The average molecular weight is 295 g/mol. The second-order valence-electron chi connectivity index (χ2n) is 5.20. The largest absolute Gasteiger partial charge is 0.328 e. The Morgan fingerprint density at radius 2 is 1.00 bits per heavy atom. The van der Waals surface area contributed by atoms with Gasteiger partial charge in [-0.1, -0.05) is 21.6 Å². The monoisotopic (exact) mass is 294 g/mol. The molecule has 0 heterocycles. The van der Waals surface area contributed by atoms with Crippen molar-refractivity contribution in [3.8, 4) is 0 Å². The lowest BCUT2D eigenvalue weighted by molar-refractivity contribution is 0.568. The smallest absolute Gasteiger partial charge is 0.0189 e. The molecule has 0 aromatic rings. The third-order valence-electron chi connectivity index (χ3n) is 2.63. The first-order chi connectivity index (χ1) is 8.41. The van der Waals surface area contributed by atoms with Crippen LogP contribution in [-0.4, -0.2) is 35.7 Å². The van der Waals surface area contributed by atoms with Gasteiger partial charge in [0.15, 0.2) is 0 Å². The standard InChI is InChI=1S/C12H30N4S2/c1-9(13)3-5-11(15)7-17-18-8-12(16)6-4-10(2)14/h9-12H,3-8,13-16H2,1-2H3. The second-order valence-corrected chi connectivity index (χ2v) is 7.75. The van der Waals surface area contributed by atoms with E-state index in [1.165, 1.54) is 0 Å². The van der Waals surface area contributed by atoms with E-state index in [-0.39, 0.29) is 24.2 Å². The molecular formula is C12H30N4S2. The Labute approximate surface area is 120 Å². The van der Waals surface area contributed by atoms with Gasteiger partial charge in [-0.05, 0) is 39.5 Å². The first-order valence-electron chi connectivity index (χ1n) is 6.68. The van der Waals surface area contributed by atoms with Crippen LogP contribution < -0.4 is 22.9 Å². The zero-order valence-electron chi connectivity index (χ0n) is 11.7. The van der Waals surface area contributed by atoms with Gasteiger partial charge in [-0.3, -0.25) is 0 Å². The summed E-state index contributed by atoms with van der Waals surface area (Å²) >= 11 is 0. The Balaban J connectivity index is 3.37. The predicted molar refractivity (Wildman–Crippen MR) is 86.6 cm³/mol. The normalized spacial score (nSPS) is 18.3. The van der Waals surface area contributed by atoms with E-state index in [1.54, 1.807) is 0 Å². The number of rotatable bonds is 11. The zero-order valence-corrected chi connectivity index (χ0v) is 13.3. The van der Waals surface area contributed by atoms with Crippen molar-refractivity contribution in [1.82, 2.24) is 0 Å². The maximum atomic E-state index is 6.00. The van der Waals surface area contributed by atoms with Crippen LogP contribution in [0.2, 0.25) is 0 Å². The van der Waals surface area contributed by atoms with Gasteiger partial charge in [0.1, 0.15) is 0 Å². The van der Waals surface area contributed by atoms with Crippen molar-refractivity contribution in [2.24, 2.45) is 22.9 Å². The summed E-state index contributed by atoms with van der Waals surface area (Å²) in [4.78, 5) is 0. The van der Waals surface area contributed by atoms with Crippen LogP contribution in [0.25, 0.3) is 0 Å². The minimum absolute atomic E-state index is 0.244. The van der Waals surface area contributed by atoms with Gasteiger partial charge in [0.2, 0.25) is 0 Å². The van der Waals surface area contributed by atoms with Crippen LogP contribution in [0.3, 0.4) is 0 Å². The Kier molecular flexibility index (Phi) is 11.7. The molecule has 18 heavy (non-hydrogen) atoms. The molecule has 0 spiro atoms. The number of nitrogens with two attached hydrogens (primary N) is 4. The molecule has 0 aromatic heterocycles. The lowest BCUT2D eigenvalue weighted by Crippen LogP contribution is -2.27. The van der Waals surface area contributed by atoms with E-state index in [4.69, 9.17) is 22.9 Å². The molecule has 0 aliphatic heterocycles. The quantitative estimate of drug-likeness (QED) is 0.338. The Morgan fingerprint density at radius 3 is 1.28 bits per heavy atom. The summed E-state index contributed by atoms with van der Waals surface area (Å²) in [7, 11) is 3.63. The summed E-state index contributed by atoms with van der Waals surface area (Å²) in [6, 6.07) is 0.989. The molecule has 0 aliphatic rings. The number of hydrogen-bond donors (Lipinski definition) is 4. The molecule has 0 amide bonds. The van der Waals surface area contributed by atoms with Crippen LogP contribution in [0.15, 0.2) is 0 Å². The van der Waals surface area contributed by atoms with Gasteiger partial charge >= 0.3 is 0 Å². The van der Waals surface area contributed by atoms with Crippen LogP contribution >= 0.6 is 21.6 Å². The fourth-order valence-corrected chi connectivity index (χ4v) is 3.89. The van der Waals surface area contributed by atoms with Crippen molar-refractivity contribution in [3.05, 3.63) is 0 Å². The highest BCUT2D eigenvalue weighted by molar-refractivity contribution is 8.76. The number of hydrogen-bond acceptors (Lipinski definition) is 6. The van der Waals surface area contributed by atoms with Gasteiger partial charge in [0.05, 0.1) is 0 Å². The molecular weight excluding hydrogens is 264 g/mol. The van der Waals surface area contributed by atoms with Gasteiger partial charge < -0.3 is 22.9 Å². The minimum atomic E-state index is 0.244. The summed E-state index contributed by atoms with van der Waals surface area (Å²) in [5.74, 6) is 1.94. The third-order valence-corrected chi connectivity index (χ3v) is 5.24. The van der Waals surface area contributed by atoms with Gasteiger partial charge in [-0.25, -0.2) is 0 Å². The van der Waals surface area contributed by atoms with Crippen molar-refractivity contribution < 1.29 is 0 Å². The molecule has 0 aromatic carbocycles. The minimum Gasteiger partial charge on any atom is -0.328 e. The molecule has 4 atom stereocenters. The first kappa shape index (κ1) is 18.5. The molecule has 0 bridgehead atoms. The summed E-state index contributed by atoms with van der Waals surface area (Å²) in [5, 5.41) is 0. The third kappa shape index (κ3) is 13.0. The maximum absolute atomic E-state index is 6.00. The fourth-order valence-electron chi connectivity index (χ4n) is 1.39. The maximum Gasteiger partial charge on any atom is 0.0189 e. The van der Waals surface area contributed by atoms with Crippen LogP contribution in [0, 0.1) is 0 Å². The van der Waals surface area contributed by atoms with Gasteiger partial charge in [-0.15, -0.1) is 0 Å². The molecule has 110 valence electrons. The van der Waals surface area contributed by atoms with Crippen molar-refractivity contribution in [3.63, 3.8) is 0 Å². The molecule has 0 rings (SSSR count). The Bertz CT molecular complexity index is 171. The summed E-state index contributed by atoms with van der Waals surface area (Å²) in [6.07, 6.45) is 4.00. The average Bonchev–Trinajstić information content (AvgIpc) is 2.29. The summed E-state index contributed by atoms with van der Waals surface area (Å²) < 4.78 is 0. The highest BCUT2D eigenvalue weighted by Crippen LogP contribution is 2.23. The van der Waals surface area contributed by atoms with E-state index in [9.17, 15) is 0 Å². The molecule has 0 aliphatic carbocycles. The Morgan fingerprint density at radius 1 is 0.667 bits per heavy atom. The molecule has 0 fully saturated rings. The summed E-state index contributed by atoms with van der Waals surface area (Å²) in [6.45, 7) is 4.04.